The molecule has 2 amide bonds. The molecule has 5 heteroatoms. The van der Waals surface area contributed by atoms with E-state index in [1.807, 2.05) is 19.9 Å². The third-order valence-electron chi connectivity index (χ3n) is 2.73. The molecule has 0 saturated heterocycles. The average Bonchev–Trinajstić information content (AvgIpc) is 2.25. The van der Waals surface area contributed by atoms with Gasteiger partial charge in [0.25, 0.3) is 0 Å². The van der Waals surface area contributed by atoms with Gasteiger partial charge in [-0.1, -0.05) is 26.8 Å². The number of urea groups is 1. The second kappa shape index (κ2) is 7.03. The Kier molecular flexibility index (Phi) is 6.44. The standard InChI is InChI=1S/C13H24N2O3/c1-6-7-13(3,4)9-14-12(18)15(5)8-10(2)11(16)17/h6,10H,1,7-9H2,2-5H3,(H,14,18)(H,16,17). The molecule has 0 aliphatic carbocycles. The Hall–Kier alpha value is -1.52. The van der Waals surface area contributed by atoms with Gasteiger partial charge in [0, 0.05) is 20.1 Å². The van der Waals surface area contributed by atoms with Crippen molar-refractivity contribution in [3.05, 3.63) is 12.7 Å². The number of hydrogen-bond acceptors (Lipinski definition) is 2. The predicted molar refractivity (Wildman–Crippen MR) is 71.4 cm³/mol. The van der Waals surface area contributed by atoms with Crippen molar-refractivity contribution < 1.29 is 14.7 Å². The van der Waals surface area contributed by atoms with Crippen molar-refractivity contribution in [2.24, 2.45) is 11.3 Å². The maximum Gasteiger partial charge on any atom is 0.317 e. The third kappa shape index (κ3) is 6.27. The van der Waals surface area contributed by atoms with Crippen LogP contribution in [0.5, 0.6) is 0 Å². The van der Waals surface area contributed by atoms with Crippen molar-refractivity contribution in [3.8, 4) is 0 Å². The van der Waals surface area contributed by atoms with Crippen LogP contribution in [-0.2, 0) is 4.79 Å². The van der Waals surface area contributed by atoms with Crippen LogP contribution in [0.1, 0.15) is 27.2 Å². The van der Waals surface area contributed by atoms with Gasteiger partial charge >= 0.3 is 12.0 Å². The van der Waals surface area contributed by atoms with Gasteiger partial charge in [-0.25, -0.2) is 4.79 Å². The maximum atomic E-state index is 11.7. The van der Waals surface area contributed by atoms with Crippen molar-refractivity contribution in [2.45, 2.75) is 27.2 Å². The molecule has 1 atom stereocenters. The van der Waals surface area contributed by atoms with Crippen molar-refractivity contribution in [1.29, 1.82) is 0 Å². The average molecular weight is 256 g/mol. The van der Waals surface area contributed by atoms with E-state index in [1.54, 1.807) is 14.0 Å². The Bertz CT molecular complexity index is 313. The number of rotatable bonds is 7. The zero-order valence-corrected chi connectivity index (χ0v) is 11.7. The molecule has 2 N–H and O–H groups in total. The first-order chi connectivity index (χ1) is 8.19. The fourth-order valence-corrected chi connectivity index (χ4v) is 1.48. The highest BCUT2D eigenvalue weighted by atomic mass is 16.4. The summed E-state index contributed by atoms with van der Waals surface area (Å²) in [5.41, 5.74) is -0.0450. The molecule has 0 aromatic heterocycles. The third-order valence-corrected chi connectivity index (χ3v) is 2.73. The summed E-state index contributed by atoms with van der Waals surface area (Å²) in [5, 5.41) is 11.6. The summed E-state index contributed by atoms with van der Waals surface area (Å²) >= 11 is 0. The summed E-state index contributed by atoms with van der Waals surface area (Å²) in [7, 11) is 1.59. The number of nitrogens with one attached hydrogen (secondary N) is 1. The number of nitrogens with zero attached hydrogens (tertiary/aromatic N) is 1. The molecule has 0 bridgehead atoms. The molecule has 1 unspecified atom stereocenters. The van der Waals surface area contributed by atoms with Crippen molar-refractivity contribution in [3.63, 3.8) is 0 Å². The molecule has 104 valence electrons. The van der Waals surface area contributed by atoms with Gasteiger partial charge in [-0.05, 0) is 11.8 Å². The lowest BCUT2D eigenvalue weighted by molar-refractivity contribution is -0.141. The lowest BCUT2D eigenvalue weighted by Gasteiger charge is -2.26. The molecule has 18 heavy (non-hydrogen) atoms. The van der Waals surface area contributed by atoms with Crippen LogP contribution in [-0.4, -0.2) is 42.1 Å². The van der Waals surface area contributed by atoms with Crippen molar-refractivity contribution in [1.82, 2.24) is 10.2 Å². The van der Waals surface area contributed by atoms with Crippen LogP contribution < -0.4 is 5.32 Å². The summed E-state index contributed by atoms with van der Waals surface area (Å²) in [6, 6.07) is -0.250. The first-order valence-electron chi connectivity index (χ1n) is 6.02. The topological polar surface area (TPSA) is 69.6 Å². The summed E-state index contributed by atoms with van der Waals surface area (Å²) in [5.74, 6) is -1.47. The number of carbonyl (C=O) groups excluding carboxylic acids is 1. The lowest BCUT2D eigenvalue weighted by Crippen LogP contribution is -2.43. The first kappa shape index (κ1) is 16.5. The molecule has 0 aromatic carbocycles. The van der Waals surface area contributed by atoms with Crippen LogP contribution in [0.25, 0.3) is 0 Å². The summed E-state index contributed by atoms with van der Waals surface area (Å²) < 4.78 is 0. The van der Waals surface area contributed by atoms with E-state index in [0.717, 1.165) is 6.42 Å². The molecule has 0 saturated carbocycles. The second-order valence-electron chi connectivity index (χ2n) is 5.44. The van der Waals surface area contributed by atoms with Gasteiger partial charge in [-0.2, -0.15) is 0 Å². The summed E-state index contributed by atoms with van der Waals surface area (Å²) in [4.78, 5) is 23.8. The SMILES string of the molecule is C=CCC(C)(C)CNC(=O)N(C)CC(C)C(=O)O. The molecule has 0 spiro atoms. The molecule has 0 radical (unpaired) electrons. The highest BCUT2D eigenvalue weighted by Crippen LogP contribution is 2.19. The molecule has 0 rings (SSSR count). The van der Waals surface area contributed by atoms with Crippen molar-refractivity contribution >= 4 is 12.0 Å². The maximum absolute atomic E-state index is 11.7. The predicted octanol–water partition coefficient (Wildman–Crippen LogP) is 1.95. The van der Waals surface area contributed by atoms with E-state index in [1.165, 1.54) is 4.90 Å². The molecular formula is C13H24N2O3. The molecule has 0 aromatic rings. The number of carbonyl (C=O) groups is 2. The minimum Gasteiger partial charge on any atom is -0.481 e. The zero-order chi connectivity index (χ0) is 14.3. The number of allylic oxidation sites excluding steroid dienone is 1. The number of amides is 2. The molecule has 0 aliphatic heterocycles. The normalized spacial score (nSPS) is 12.7. The Morgan fingerprint density at radius 3 is 2.50 bits per heavy atom. The van der Waals surface area contributed by atoms with Crippen LogP contribution in [0.2, 0.25) is 0 Å². The number of carboxylic acids is 1. The molecule has 0 heterocycles. The Labute approximate surface area is 109 Å². The molecule has 0 fully saturated rings. The Morgan fingerprint density at radius 1 is 1.50 bits per heavy atom. The summed E-state index contributed by atoms with van der Waals surface area (Å²) in [6.07, 6.45) is 2.63. The van der Waals surface area contributed by atoms with Crippen LogP contribution in [0.3, 0.4) is 0 Å². The highest BCUT2D eigenvalue weighted by molar-refractivity contribution is 5.75. The van der Waals surface area contributed by atoms with E-state index in [4.69, 9.17) is 5.11 Å². The van der Waals surface area contributed by atoms with Crippen LogP contribution in [0.4, 0.5) is 4.79 Å². The van der Waals surface area contributed by atoms with Gasteiger partial charge < -0.3 is 15.3 Å². The Morgan fingerprint density at radius 2 is 2.06 bits per heavy atom. The van der Waals surface area contributed by atoms with E-state index in [2.05, 4.69) is 11.9 Å². The van der Waals surface area contributed by atoms with Crippen LogP contribution in [0.15, 0.2) is 12.7 Å². The van der Waals surface area contributed by atoms with E-state index in [-0.39, 0.29) is 18.0 Å². The smallest absolute Gasteiger partial charge is 0.317 e. The van der Waals surface area contributed by atoms with Crippen LogP contribution in [0, 0.1) is 11.3 Å². The molecule has 5 nitrogen and oxygen atoms in total. The second-order valence-corrected chi connectivity index (χ2v) is 5.44. The minimum atomic E-state index is -0.901. The molecular weight excluding hydrogens is 232 g/mol. The fourth-order valence-electron chi connectivity index (χ4n) is 1.48. The number of hydrogen-bond donors (Lipinski definition) is 2. The Balaban J connectivity index is 4.17. The first-order valence-corrected chi connectivity index (χ1v) is 6.02. The van der Waals surface area contributed by atoms with Gasteiger partial charge in [0.1, 0.15) is 0 Å². The van der Waals surface area contributed by atoms with Crippen LogP contribution >= 0.6 is 0 Å². The number of carboxylic acid groups (broad SMARTS) is 1. The van der Waals surface area contributed by atoms with Gasteiger partial charge in [-0.15, -0.1) is 6.58 Å². The lowest BCUT2D eigenvalue weighted by atomic mass is 9.89. The quantitative estimate of drug-likeness (QED) is 0.684. The largest absolute Gasteiger partial charge is 0.481 e. The van der Waals surface area contributed by atoms with Crippen molar-refractivity contribution in [2.75, 3.05) is 20.1 Å². The minimum absolute atomic E-state index is 0.0450. The number of aliphatic carboxylic acids is 1. The van der Waals surface area contributed by atoms with E-state index in [0.29, 0.717) is 6.54 Å². The monoisotopic (exact) mass is 256 g/mol. The van der Waals surface area contributed by atoms with E-state index in [9.17, 15) is 9.59 Å². The van der Waals surface area contributed by atoms with E-state index >= 15 is 0 Å². The van der Waals surface area contributed by atoms with Gasteiger partial charge in [0.05, 0.1) is 5.92 Å². The fraction of sp³-hybridized carbons (Fsp3) is 0.692. The summed E-state index contributed by atoms with van der Waals surface area (Å²) in [6.45, 7) is 10.1. The van der Waals surface area contributed by atoms with E-state index < -0.39 is 11.9 Å². The highest BCUT2D eigenvalue weighted by Gasteiger charge is 2.20. The zero-order valence-electron chi connectivity index (χ0n) is 11.7. The molecule has 0 aliphatic rings. The van der Waals surface area contributed by atoms with Gasteiger partial charge in [0.2, 0.25) is 0 Å². The van der Waals surface area contributed by atoms with Gasteiger partial charge in [-0.3, -0.25) is 4.79 Å². The van der Waals surface area contributed by atoms with Gasteiger partial charge in [0.15, 0.2) is 0 Å².